The maximum atomic E-state index is 13.3. The molecule has 1 N–H and O–H groups in total. The first-order valence-corrected chi connectivity index (χ1v) is 8.94. The Bertz CT molecular complexity index is 1060. The Hall–Kier alpha value is -2.34. The maximum Gasteiger partial charge on any atom is 0.421 e. The lowest BCUT2D eigenvalue weighted by atomic mass is 9.92. The number of aromatic nitrogens is 1. The molecule has 2 aromatic carbocycles. The fourth-order valence-electron chi connectivity index (χ4n) is 3.32. The molecular weight excluding hydrogens is 355 g/mol. The van der Waals surface area contributed by atoms with Crippen LogP contribution in [0, 0.1) is 6.92 Å². The van der Waals surface area contributed by atoms with Gasteiger partial charge in [0.1, 0.15) is 0 Å². The maximum absolute atomic E-state index is 13.3. The normalized spacial score (nSPS) is 14.6. The molecule has 6 heteroatoms. The van der Waals surface area contributed by atoms with Gasteiger partial charge in [0.15, 0.2) is 5.60 Å². The van der Waals surface area contributed by atoms with Crippen LogP contribution in [0.4, 0.5) is 13.2 Å². The van der Waals surface area contributed by atoms with Crippen molar-refractivity contribution in [3.8, 4) is 0 Å². The fraction of sp³-hybridized carbons (Fsp3) is 0.381. The highest BCUT2D eigenvalue weighted by Gasteiger charge is 2.51. The molecule has 1 aromatic heterocycles. The van der Waals surface area contributed by atoms with Gasteiger partial charge in [-0.15, -0.1) is 0 Å². The molecule has 0 radical (unpaired) electrons. The van der Waals surface area contributed by atoms with E-state index in [0.29, 0.717) is 28.2 Å². The number of aryl methyl sites for hydroxylation is 2. The summed E-state index contributed by atoms with van der Waals surface area (Å²) in [6, 6.07) is 9.44. The number of hydrogen-bond donors (Lipinski definition) is 1. The van der Waals surface area contributed by atoms with E-state index in [0.717, 1.165) is 25.3 Å². The lowest BCUT2D eigenvalue weighted by Crippen LogP contribution is -2.39. The SMILES string of the molecule is CCCCn1c(=O)c2cc(C)ccc2c2cc(C(C)(O)C(F)(F)F)ccc21. The van der Waals surface area contributed by atoms with E-state index in [2.05, 4.69) is 0 Å². The van der Waals surface area contributed by atoms with Gasteiger partial charge >= 0.3 is 6.18 Å². The molecule has 0 spiro atoms. The molecule has 1 atom stereocenters. The van der Waals surface area contributed by atoms with Crippen LogP contribution >= 0.6 is 0 Å². The number of fused-ring (bicyclic) bond motifs is 3. The molecule has 144 valence electrons. The largest absolute Gasteiger partial charge is 0.421 e. The summed E-state index contributed by atoms with van der Waals surface area (Å²) < 4.78 is 41.5. The van der Waals surface area contributed by atoms with Crippen molar-refractivity contribution in [1.29, 1.82) is 0 Å². The van der Waals surface area contributed by atoms with Gasteiger partial charge in [0.2, 0.25) is 0 Å². The van der Waals surface area contributed by atoms with Gasteiger partial charge < -0.3 is 9.67 Å². The van der Waals surface area contributed by atoms with Crippen LogP contribution in [0.25, 0.3) is 21.7 Å². The second-order valence-electron chi connectivity index (χ2n) is 7.16. The smallest absolute Gasteiger partial charge is 0.376 e. The van der Waals surface area contributed by atoms with E-state index in [-0.39, 0.29) is 11.1 Å². The molecule has 0 aliphatic heterocycles. The zero-order chi connectivity index (χ0) is 20.0. The van der Waals surface area contributed by atoms with Gasteiger partial charge in [-0.1, -0.05) is 37.1 Å². The molecule has 27 heavy (non-hydrogen) atoms. The summed E-state index contributed by atoms with van der Waals surface area (Å²) in [6.45, 7) is 5.11. The fourth-order valence-corrected chi connectivity index (χ4v) is 3.32. The Morgan fingerprint density at radius 1 is 1.04 bits per heavy atom. The Kier molecular flexibility index (Phi) is 4.80. The Morgan fingerprint density at radius 3 is 2.37 bits per heavy atom. The molecule has 3 rings (SSSR count). The number of benzene rings is 2. The lowest BCUT2D eigenvalue weighted by molar-refractivity contribution is -0.258. The van der Waals surface area contributed by atoms with Crippen molar-refractivity contribution in [1.82, 2.24) is 4.57 Å². The molecule has 0 fully saturated rings. The highest BCUT2D eigenvalue weighted by Crippen LogP contribution is 2.40. The Labute approximate surface area is 155 Å². The average Bonchev–Trinajstić information content (AvgIpc) is 2.60. The Morgan fingerprint density at radius 2 is 1.74 bits per heavy atom. The zero-order valence-electron chi connectivity index (χ0n) is 15.5. The molecule has 0 saturated heterocycles. The molecule has 1 heterocycles. The number of pyridine rings is 1. The number of nitrogens with zero attached hydrogens (tertiary/aromatic N) is 1. The lowest BCUT2D eigenvalue weighted by Gasteiger charge is -2.27. The van der Waals surface area contributed by atoms with E-state index >= 15 is 0 Å². The van der Waals surface area contributed by atoms with Gasteiger partial charge in [-0.2, -0.15) is 13.2 Å². The quantitative estimate of drug-likeness (QED) is 0.648. The van der Waals surface area contributed by atoms with Crippen LogP contribution in [0.2, 0.25) is 0 Å². The van der Waals surface area contributed by atoms with Crippen molar-refractivity contribution < 1.29 is 18.3 Å². The highest BCUT2D eigenvalue weighted by atomic mass is 19.4. The van der Waals surface area contributed by atoms with Crippen LogP contribution in [0.15, 0.2) is 41.2 Å². The summed E-state index contributed by atoms with van der Waals surface area (Å²) in [7, 11) is 0. The van der Waals surface area contributed by atoms with Gasteiger partial charge in [-0.25, -0.2) is 0 Å². The predicted octanol–water partition coefficient (Wildman–Crippen LogP) is 5.03. The molecule has 0 bridgehead atoms. The monoisotopic (exact) mass is 377 g/mol. The minimum atomic E-state index is -4.80. The van der Waals surface area contributed by atoms with Gasteiger partial charge in [0, 0.05) is 17.3 Å². The summed E-state index contributed by atoms with van der Waals surface area (Å²) in [5.74, 6) is 0. The third-order valence-corrected chi connectivity index (χ3v) is 5.08. The van der Waals surface area contributed by atoms with Gasteiger partial charge in [0.25, 0.3) is 5.56 Å². The van der Waals surface area contributed by atoms with E-state index in [4.69, 9.17) is 0 Å². The number of alkyl halides is 3. The summed E-state index contributed by atoms with van der Waals surface area (Å²) in [5, 5.41) is 11.7. The summed E-state index contributed by atoms with van der Waals surface area (Å²) in [4.78, 5) is 13.0. The van der Waals surface area contributed by atoms with Crippen molar-refractivity contribution in [2.24, 2.45) is 0 Å². The van der Waals surface area contributed by atoms with Crippen molar-refractivity contribution in [3.05, 3.63) is 57.9 Å². The molecule has 0 aliphatic carbocycles. The van der Waals surface area contributed by atoms with Crippen LogP contribution < -0.4 is 5.56 Å². The van der Waals surface area contributed by atoms with Crippen LogP contribution in [-0.4, -0.2) is 15.8 Å². The number of rotatable bonds is 4. The minimum Gasteiger partial charge on any atom is -0.376 e. The molecule has 0 saturated carbocycles. The van der Waals surface area contributed by atoms with E-state index in [1.54, 1.807) is 16.7 Å². The number of unbranched alkanes of at least 4 members (excludes halogenated alkanes) is 1. The number of halogens is 3. The zero-order valence-corrected chi connectivity index (χ0v) is 15.5. The van der Waals surface area contributed by atoms with Gasteiger partial charge in [-0.05, 0) is 49.4 Å². The third-order valence-electron chi connectivity index (χ3n) is 5.08. The van der Waals surface area contributed by atoms with Crippen molar-refractivity contribution >= 4 is 21.7 Å². The molecule has 0 amide bonds. The predicted molar refractivity (Wildman–Crippen MR) is 101 cm³/mol. The second-order valence-corrected chi connectivity index (χ2v) is 7.16. The third kappa shape index (κ3) is 3.23. The highest BCUT2D eigenvalue weighted by molar-refractivity contribution is 6.06. The van der Waals surface area contributed by atoms with E-state index in [9.17, 15) is 23.1 Å². The van der Waals surface area contributed by atoms with Crippen molar-refractivity contribution in [2.45, 2.75) is 51.9 Å². The molecule has 3 aromatic rings. The van der Waals surface area contributed by atoms with E-state index < -0.39 is 11.8 Å². The minimum absolute atomic E-state index is 0.148. The molecule has 3 nitrogen and oxygen atoms in total. The van der Waals surface area contributed by atoms with Gasteiger partial charge in [-0.3, -0.25) is 4.79 Å². The van der Waals surface area contributed by atoms with E-state index in [1.165, 1.54) is 18.2 Å². The van der Waals surface area contributed by atoms with Crippen LogP contribution in [0.3, 0.4) is 0 Å². The molecular formula is C21H22F3NO2. The topological polar surface area (TPSA) is 42.2 Å². The first-order chi connectivity index (χ1) is 12.6. The summed E-state index contributed by atoms with van der Waals surface area (Å²) >= 11 is 0. The van der Waals surface area contributed by atoms with Crippen molar-refractivity contribution in [2.75, 3.05) is 0 Å². The van der Waals surface area contributed by atoms with Crippen LogP contribution in [-0.2, 0) is 12.1 Å². The van der Waals surface area contributed by atoms with E-state index in [1.807, 2.05) is 19.9 Å². The first kappa shape index (κ1) is 19.4. The number of hydrogen-bond acceptors (Lipinski definition) is 2. The second kappa shape index (κ2) is 6.68. The summed E-state index contributed by atoms with van der Waals surface area (Å²) in [5.41, 5.74) is -1.89. The van der Waals surface area contributed by atoms with Crippen LogP contribution in [0.1, 0.15) is 37.8 Å². The Balaban J connectivity index is 2.40. The molecule has 1 unspecified atom stereocenters. The van der Waals surface area contributed by atoms with Crippen LogP contribution in [0.5, 0.6) is 0 Å². The average molecular weight is 377 g/mol. The standard InChI is InChI=1S/C21H22F3NO2/c1-4-5-10-25-18-9-7-14(20(3,27)21(22,23)24)12-16(18)15-8-6-13(2)11-17(15)19(25)26/h6-9,11-12,27H,4-5,10H2,1-3H3. The number of aliphatic hydroxyl groups is 1. The van der Waals surface area contributed by atoms with Gasteiger partial charge in [0.05, 0.1) is 5.52 Å². The summed E-state index contributed by atoms with van der Waals surface area (Å²) in [6.07, 6.45) is -3.13. The first-order valence-electron chi connectivity index (χ1n) is 8.94. The molecule has 0 aliphatic rings. The van der Waals surface area contributed by atoms with Crippen molar-refractivity contribution in [3.63, 3.8) is 0 Å².